The molecule has 1 aliphatic rings. The van der Waals surface area contributed by atoms with Crippen molar-refractivity contribution < 1.29 is 0 Å². The fourth-order valence-electron chi connectivity index (χ4n) is 3.03. The third-order valence-electron chi connectivity index (χ3n) is 4.38. The van der Waals surface area contributed by atoms with Gasteiger partial charge in [0.15, 0.2) is 0 Å². The average Bonchev–Trinajstić information content (AvgIpc) is 2.74. The first-order valence-electron chi connectivity index (χ1n) is 7.50. The molecule has 1 aliphatic heterocycles. The van der Waals surface area contributed by atoms with Crippen LogP contribution >= 0.6 is 11.3 Å². The summed E-state index contributed by atoms with van der Waals surface area (Å²) in [5, 5.41) is 4.40. The topological polar surface area (TPSA) is 67.1 Å². The van der Waals surface area contributed by atoms with E-state index in [0.717, 1.165) is 35.7 Å². The largest absolute Gasteiger partial charge is 0.383 e. The summed E-state index contributed by atoms with van der Waals surface area (Å²) in [6, 6.07) is 0.575. The highest BCUT2D eigenvalue weighted by molar-refractivity contribution is 7.18. The Morgan fingerprint density at radius 1 is 1.38 bits per heavy atom. The summed E-state index contributed by atoms with van der Waals surface area (Å²) in [5.74, 6) is 1.47. The number of likely N-dealkylation sites (N-methyl/N-ethyl adjacent to an activating group) is 1. The lowest BCUT2D eigenvalue weighted by Gasteiger charge is -2.31. The van der Waals surface area contributed by atoms with Gasteiger partial charge in [0.1, 0.15) is 16.5 Å². The van der Waals surface area contributed by atoms with Crippen LogP contribution in [0.3, 0.4) is 0 Å². The molecule has 0 saturated carbocycles. The minimum Gasteiger partial charge on any atom is -0.383 e. The predicted octanol–water partition coefficient (Wildman–Crippen LogP) is 2.07. The molecule has 1 atom stereocenters. The quantitative estimate of drug-likeness (QED) is 0.909. The third-order valence-corrected chi connectivity index (χ3v) is 5.48. The lowest BCUT2D eigenvalue weighted by atomic mass is 10.1. The number of aryl methyl sites for hydroxylation is 2. The van der Waals surface area contributed by atoms with Crippen LogP contribution in [0, 0.1) is 13.8 Å². The second-order valence-corrected chi connectivity index (χ2v) is 7.05. The van der Waals surface area contributed by atoms with E-state index in [-0.39, 0.29) is 0 Å². The molecule has 21 heavy (non-hydrogen) atoms. The molecule has 1 fully saturated rings. The Morgan fingerprint density at radius 2 is 2.19 bits per heavy atom. The van der Waals surface area contributed by atoms with Crippen LogP contribution in [0.4, 0.5) is 5.82 Å². The third kappa shape index (κ3) is 2.88. The molecule has 0 bridgehead atoms. The second kappa shape index (κ2) is 5.87. The van der Waals surface area contributed by atoms with Gasteiger partial charge in [-0.1, -0.05) is 0 Å². The monoisotopic (exact) mass is 305 g/mol. The summed E-state index contributed by atoms with van der Waals surface area (Å²) in [6.45, 7) is 7.16. The Morgan fingerprint density at radius 3 is 2.95 bits per heavy atom. The van der Waals surface area contributed by atoms with Gasteiger partial charge in [0.2, 0.25) is 0 Å². The zero-order chi connectivity index (χ0) is 15.0. The van der Waals surface area contributed by atoms with Crippen molar-refractivity contribution in [3.05, 3.63) is 16.3 Å². The lowest BCUT2D eigenvalue weighted by molar-refractivity contribution is 0.184. The van der Waals surface area contributed by atoms with E-state index in [1.165, 1.54) is 23.3 Å². The van der Waals surface area contributed by atoms with Gasteiger partial charge in [0.25, 0.3) is 0 Å². The molecule has 3 N–H and O–H groups in total. The van der Waals surface area contributed by atoms with Crippen molar-refractivity contribution in [2.45, 2.75) is 39.3 Å². The van der Waals surface area contributed by atoms with Crippen LogP contribution in [0.5, 0.6) is 0 Å². The Kier molecular flexibility index (Phi) is 4.10. The first kappa shape index (κ1) is 14.7. The molecule has 0 radical (unpaired) electrons. The normalized spacial score (nSPS) is 20.2. The SMILES string of the molecule is CNC1CCCN(Cc2nc(N)c3c(C)c(C)sc3n2)C1. The Labute approximate surface area is 129 Å². The van der Waals surface area contributed by atoms with Gasteiger partial charge in [-0.2, -0.15) is 0 Å². The maximum Gasteiger partial charge on any atom is 0.146 e. The van der Waals surface area contributed by atoms with Crippen molar-refractivity contribution in [1.82, 2.24) is 20.2 Å². The van der Waals surface area contributed by atoms with Crippen molar-refractivity contribution in [1.29, 1.82) is 0 Å². The van der Waals surface area contributed by atoms with E-state index in [9.17, 15) is 0 Å². The number of piperidine rings is 1. The van der Waals surface area contributed by atoms with Gasteiger partial charge < -0.3 is 11.1 Å². The number of thiophene rings is 1. The molecule has 5 nitrogen and oxygen atoms in total. The molecule has 3 rings (SSSR count). The van der Waals surface area contributed by atoms with E-state index >= 15 is 0 Å². The van der Waals surface area contributed by atoms with Gasteiger partial charge in [-0.05, 0) is 45.8 Å². The fourth-order valence-corrected chi connectivity index (χ4v) is 4.09. The molecule has 6 heteroatoms. The number of hydrogen-bond acceptors (Lipinski definition) is 6. The Hall–Kier alpha value is -1.24. The first-order chi connectivity index (χ1) is 10.1. The standard InChI is InChI=1S/C15H23N5S/c1-9-10(2)21-15-13(9)14(16)18-12(19-15)8-20-6-4-5-11(7-20)17-3/h11,17H,4-8H2,1-3H3,(H2,16,18,19). The fraction of sp³-hybridized carbons (Fsp3) is 0.600. The van der Waals surface area contributed by atoms with Gasteiger partial charge >= 0.3 is 0 Å². The zero-order valence-electron chi connectivity index (χ0n) is 12.9. The molecular weight excluding hydrogens is 282 g/mol. The number of aromatic nitrogens is 2. The van der Waals surface area contributed by atoms with Crippen molar-refractivity contribution in [2.75, 3.05) is 25.9 Å². The molecule has 1 saturated heterocycles. The molecule has 0 spiro atoms. The Balaban J connectivity index is 1.84. The number of fused-ring (bicyclic) bond motifs is 1. The van der Waals surface area contributed by atoms with E-state index in [4.69, 9.17) is 10.7 Å². The molecule has 3 heterocycles. The van der Waals surface area contributed by atoms with Crippen LogP contribution in [0.1, 0.15) is 29.1 Å². The minimum absolute atomic E-state index is 0.575. The van der Waals surface area contributed by atoms with Gasteiger partial charge in [-0.3, -0.25) is 4.90 Å². The maximum atomic E-state index is 6.15. The number of hydrogen-bond donors (Lipinski definition) is 2. The predicted molar refractivity (Wildman–Crippen MR) is 88.7 cm³/mol. The molecule has 114 valence electrons. The highest BCUT2D eigenvalue weighted by atomic mass is 32.1. The first-order valence-corrected chi connectivity index (χ1v) is 8.32. The molecular formula is C15H23N5S. The number of anilines is 1. The van der Waals surface area contributed by atoms with Gasteiger partial charge in [-0.15, -0.1) is 11.3 Å². The number of likely N-dealkylation sites (tertiary alicyclic amines) is 1. The molecule has 1 unspecified atom stereocenters. The number of nitrogens with zero attached hydrogens (tertiary/aromatic N) is 3. The van der Waals surface area contributed by atoms with Crippen molar-refractivity contribution in [3.8, 4) is 0 Å². The van der Waals surface area contributed by atoms with Crippen LogP contribution in [-0.4, -0.2) is 41.0 Å². The van der Waals surface area contributed by atoms with E-state index in [0.29, 0.717) is 11.9 Å². The summed E-state index contributed by atoms with van der Waals surface area (Å²) in [7, 11) is 2.03. The summed E-state index contributed by atoms with van der Waals surface area (Å²) in [6.07, 6.45) is 2.47. The van der Waals surface area contributed by atoms with Gasteiger partial charge in [-0.25, -0.2) is 9.97 Å². The summed E-state index contributed by atoms with van der Waals surface area (Å²) in [4.78, 5) is 14.0. The smallest absolute Gasteiger partial charge is 0.146 e. The van der Waals surface area contributed by atoms with Crippen molar-refractivity contribution >= 4 is 27.4 Å². The molecule has 2 aromatic rings. The highest BCUT2D eigenvalue weighted by Gasteiger charge is 2.20. The van der Waals surface area contributed by atoms with Crippen LogP contribution in [0.15, 0.2) is 0 Å². The number of nitrogens with two attached hydrogens (primary N) is 1. The zero-order valence-corrected chi connectivity index (χ0v) is 13.8. The van der Waals surface area contributed by atoms with Crippen molar-refractivity contribution in [2.24, 2.45) is 0 Å². The maximum absolute atomic E-state index is 6.15. The van der Waals surface area contributed by atoms with E-state index in [1.54, 1.807) is 11.3 Å². The number of nitrogens with one attached hydrogen (secondary N) is 1. The van der Waals surface area contributed by atoms with Crippen LogP contribution < -0.4 is 11.1 Å². The summed E-state index contributed by atoms with van der Waals surface area (Å²) >= 11 is 1.71. The summed E-state index contributed by atoms with van der Waals surface area (Å²) < 4.78 is 0. The lowest BCUT2D eigenvalue weighted by Crippen LogP contribution is -2.44. The minimum atomic E-state index is 0.575. The second-order valence-electron chi connectivity index (χ2n) is 5.85. The summed E-state index contributed by atoms with van der Waals surface area (Å²) in [5.41, 5.74) is 7.37. The van der Waals surface area contributed by atoms with Gasteiger partial charge in [0.05, 0.1) is 11.9 Å². The van der Waals surface area contributed by atoms with Gasteiger partial charge in [0, 0.05) is 17.5 Å². The molecule has 0 amide bonds. The average molecular weight is 305 g/mol. The van der Waals surface area contributed by atoms with E-state index < -0.39 is 0 Å². The Bertz CT molecular complexity index is 651. The van der Waals surface area contributed by atoms with Crippen LogP contribution in [0.25, 0.3) is 10.2 Å². The number of rotatable bonds is 3. The highest BCUT2D eigenvalue weighted by Crippen LogP contribution is 2.32. The molecule has 0 aromatic carbocycles. The molecule has 0 aliphatic carbocycles. The van der Waals surface area contributed by atoms with Crippen LogP contribution in [0.2, 0.25) is 0 Å². The van der Waals surface area contributed by atoms with E-state index in [1.807, 2.05) is 7.05 Å². The molecule has 2 aromatic heterocycles. The number of nitrogen functional groups attached to an aromatic ring is 1. The van der Waals surface area contributed by atoms with Crippen molar-refractivity contribution in [3.63, 3.8) is 0 Å². The van der Waals surface area contributed by atoms with E-state index in [2.05, 4.69) is 29.0 Å². The van der Waals surface area contributed by atoms with Crippen LogP contribution in [-0.2, 0) is 6.54 Å².